The van der Waals surface area contributed by atoms with Gasteiger partial charge >= 0.3 is 0 Å². The zero-order valence-corrected chi connectivity index (χ0v) is 13.3. The normalized spacial score (nSPS) is 10.8. The lowest BCUT2D eigenvalue weighted by Gasteiger charge is -2.08. The van der Waals surface area contributed by atoms with Gasteiger partial charge in [0.15, 0.2) is 5.16 Å². The fraction of sp³-hybridized carbons (Fsp3) is 0.231. The van der Waals surface area contributed by atoms with Crippen LogP contribution in [-0.2, 0) is 23.7 Å². The van der Waals surface area contributed by atoms with Gasteiger partial charge in [0.25, 0.3) is 0 Å². The summed E-state index contributed by atoms with van der Waals surface area (Å²) in [5.74, 6) is 0.122. The molecule has 0 spiro atoms. The van der Waals surface area contributed by atoms with E-state index in [1.807, 2.05) is 6.07 Å². The Morgan fingerprint density at radius 3 is 2.76 bits per heavy atom. The number of amides is 1. The van der Waals surface area contributed by atoms with Gasteiger partial charge in [0, 0.05) is 5.75 Å². The monoisotopic (exact) mass is 345 g/mol. The number of imidazole rings is 1. The van der Waals surface area contributed by atoms with E-state index in [9.17, 15) is 9.90 Å². The number of benzene rings is 1. The van der Waals surface area contributed by atoms with Crippen molar-refractivity contribution in [2.24, 2.45) is 5.73 Å². The Morgan fingerprint density at radius 1 is 1.38 bits per heavy atom. The Bertz CT molecular complexity index is 661. The van der Waals surface area contributed by atoms with Crippen LogP contribution in [0.15, 0.2) is 29.6 Å². The number of aromatic nitrogens is 2. The first-order valence-electron chi connectivity index (χ1n) is 6.01. The van der Waals surface area contributed by atoms with Crippen LogP contribution in [0.3, 0.4) is 0 Å². The molecule has 112 valence electrons. The molecule has 0 fully saturated rings. The van der Waals surface area contributed by atoms with E-state index in [1.165, 1.54) is 18.0 Å². The number of thioether (sulfide) groups is 1. The number of hydrogen-bond acceptors (Lipinski definition) is 4. The highest BCUT2D eigenvalue weighted by Crippen LogP contribution is 2.27. The number of primary amides is 1. The van der Waals surface area contributed by atoms with Crippen LogP contribution in [0.1, 0.15) is 11.3 Å². The smallest absolute Gasteiger partial charge is 0.237 e. The van der Waals surface area contributed by atoms with Crippen molar-refractivity contribution >= 4 is 40.9 Å². The van der Waals surface area contributed by atoms with E-state index in [2.05, 4.69) is 4.98 Å². The summed E-state index contributed by atoms with van der Waals surface area (Å²) in [7, 11) is 0. The van der Waals surface area contributed by atoms with E-state index in [0.29, 0.717) is 26.6 Å². The maximum atomic E-state index is 11.1. The molecule has 0 unspecified atom stereocenters. The molecular weight excluding hydrogens is 333 g/mol. The van der Waals surface area contributed by atoms with Crippen molar-refractivity contribution in [3.05, 3.63) is 45.7 Å². The lowest BCUT2D eigenvalue weighted by molar-refractivity contribution is -0.118. The minimum atomic E-state index is -0.487. The number of carbonyl (C=O) groups excluding carboxylic acids is 1. The first kappa shape index (κ1) is 16.2. The molecule has 0 aliphatic heterocycles. The second kappa shape index (κ2) is 7.17. The molecule has 3 N–H and O–H groups in total. The third-order valence-corrected chi connectivity index (χ3v) is 4.53. The van der Waals surface area contributed by atoms with Gasteiger partial charge in [0.05, 0.1) is 28.5 Å². The predicted molar refractivity (Wildman–Crippen MR) is 83.4 cm³/mol. The quantitative estimate of drug-likeness (QED) is 0.788. The van der Waals surface area contributed by atoms with Crippen molar-refractivity contribution in [1.82, 2.24) is 9.55 Å². The zero-order chi connectivity index (χ0) is 15.4. The largest absolute Gasteiger partial charge is 0.390 e. The molecule has 21 heavy (non-hydrogen) atoms. The van der Waals surface area contributed by atoms with Crippen LogP contribution in [0.4, 0.5) is 0 Å². The van der Waals surface area contributed by atoms with Gasteiger partial charge in [-0.1, -0.05) is 41.0 Å². The van der Waals surface area contributed by atoms with Gasteiger partial charge in [0.1, 0.15) is 6.54 Å². The average Bonchev–Trinajstić information content (AvgIpc) is 2.81. The fourth-order valence-electron chi connectivity index (χ4n) is 1.74. The Labute approximate surface area is 136 Å². The Hall–Kier alpha value is -1.21. The average molecular weight is 346 g/mol. The number of hydrogen-bond donors (Lipinski definition) is 2. The van der Waals surface area contributed by atoms with E-state index in [-0.39, 0.29) is 13.2 Å². The van der Waals surface area contributed by atoms with E-state index in [4.69, 9.17) is 28.9 Å². The summed E-state index contributed by atoms with van der Waals surface area (Å²) < 4.78 is 1.60. The number of nitrogens with two attached hydrogens (primary N) is 1. The maximum Gasteiger partial charge on any atom is 0.237 e. The fourth-order valence-corrected chi connectivity index (χ4v) is 3.00. The third-order valence-electron chi connectivity index (χ3n) is 2.73. The van der Waals surface area contributed by atoms with E-state index >= 15 is 0 Å². The van der Waals surface area contributed by atoms with Crippen LogP contribution in [0.5, 0.6) is 0 Å². The lowest BCUT2D eigenvalue weighted by Crippen LogP contribution is -2.20. The maximum absolute atomic E-state index is 11.1. The van der Waals surface area contributed by atoms with Crippen LogP contribution in [0.2, 0.25) is 10.0 Å². The number of aliphatic hydroxyl groups is 1. The molecule has 0 aliphatic rings. The van der Waals surface area contributed by atoms with Crippen molar-refractivity contribution in [3.63, 3.8) is 0 Å². The summed E-state index contributed by atoms with van der Waals surface area (Å²) in [6, 6.07) is 5.38. The summed E-state index contributed by atoms with van der Waals surface area (Å²) in [6.07, 6.45) is 1.53. The number of nitrogens with zero attached hydrogens (tertiary/aromatic N) is 2. The highest BCUT2D eigenvalue weighted by molar-refractivity contribution is 7.98. The van der Waals surface area contributed by atoms with Gasteiger partial charge in [-0.3, -0.25) is 4.79 Å². The van der Waals surface area contributed by atoms with E-state index in [1.54, 1.807) is 16.7 Å². The summed E-state index contributed by atoms with van der Waals surface area (Å²) in [5.41, 5.74) is 6.74. The van der Waals surface area contributed by atoms with Crippen LogP contribution in [-0.4, -0.2) is 20.6 Å². The van der Waals surface area contributed by atoms with Gasteiger partial charge in [-0.2, -0.15) is 0 Å². The van der Waals surface area contributed by atoms with E-state index < -0.39 is 5.91 Å². The number of rotatable bonds is 6. The molecule has 2 aromatic rings. The Kier molecular flexibility index (Phi) is 5.52. The number of halogens is 2. The molecule has 1 aromatic carbocycles. The van der Waals surface area contributed by atoms with Crippen LogP contribution < -0.4 is 5.73 Å². The SMILES string of the molecule is NC(=O)Cn1c(CO)cnc1SCc1ccc(Cl)c(Cl)c1. The predicted octanol–water partition coefficient (Wildman–Crippen LogP) is 2.46. The van der Waals surface area contributed by atoms with Crippen molar-refractivity contribution in [2.75, 3.05) is 0 Å². The molecule has 1 aromatic heterocycles. The summed E-state index contributed by atoms with van der Waals surface area (Å²) in [6.45, 7) is -0.215. The summed E-state index contributed by atoms with van der Waals surface area (Å²) in [4.78, 5) is 15.3. The van der Waals surface area contributed by atoms with Crippen LogP contribution >= 0.6 is 35.0 Å². The molecule has 2 rings (SSSR count). The summed E-state index contributed by atoms with van der Waals surface area (Å²) >= 11 is 13.3. The van der Waals surface area contributed by atoms with Gasteiger partial charge in [-0.15, -0.1) is 0 Å². The standard InChI is InChI=1S/C13H13Cl2N3O2S/c14-10-2-1-8(3-11(10)15)7-21-13-17-4-9(6-19)18(13)5-12(16)20/h1-4,19H,5-7H2,(H2,16,20). The van der Waals surface area contributed by atoms with Crippen molar-refractivity contribution in [3.8, 4) is 0 Å². The van der Waals surface area contributed by atoms with Crippen LogP contribution in [0.25, 0.3) is 0 Å². The topological polar surface area (TPSA) is 81.1 Å². The van der Waals surface area contributed by atoms with Crippen molar-refractivity contribution in [2.45, 2.75) is 24.1 Å². The van der Waals surface area contributed by atoms with Crippen LogP contribution in [0, 0.1) is 0 Å². The molecule has 0 saturated heterocycles. The molecule has 0 aliphatic carbocycles. The molecule has 0 saturated carbocycles. The van der Waals surface area contributed by atoms with Crippen molar-refractivity contribution < 1.29 is 9.90 Å². The molecule has 1 amide bonds. The highest BCUT2D eigenvalue weighted by atomic mass is 35.5. The Morgan fingerprint density at radius 2 is 2.14 bits per heavy atom. The molecule has 8 heteroatoms. The molecule has 1 heterocycles. The first-order chi connectivity index (χ1) is 10.0. The molecular formula is C13H13Cl2N3O2S. The zero-order valence-electron chi connectivity index (χ0n) is 10.9. The molecule has 0 atom stereocenters. The second-order valence-electron chi connectivity index (χ2n) is 4.28. The molecule has 5 nitrogen and oxygen atoms in total. The van der Waals surface area contributed by atoms with Gasteiger partial charge < -0.3 is 15.4 Å². The number of carbonyl (C=O) groups is 1. The third kappa shape index (κ3) is 4.14. The summed E-state index contributed by atoms with van der Waals surface area (Å²) in [5, 5.41) is 10.9. The second-order valence-corrected chi connectivity index (χ2v) is 6.04. The van der Waals surface area contributed by atoms with Crippen molar-refractivity contribution in [1.29, 1.82) is 0 Å². The first-order valence-corrected chi connectivity index (χ1v) is 7.75. The Balaban J connectivity index is 2.13. The van der Waals surface area contributed by atoms with E-state index in [0.717, 1.165) is 5.56 Å². The lowest BCUT2D eigenvalue weighted by atomic mass is 10.2. The van der Waals surface area contributed by atoms with Gasteiger partial charge in [0.2, 0.25) is 5.91 Å². The number of aliphatic hydroxyl groups excluding tert-OH is 1. The minimum Gasteiger partial charge on any atom is -0.390 e. The van der Waals surface area contributed by atoms with Gasteiger partial charge in [-0.25, -0.2) is 4.98 Å². The van der Waals surface area contributed by atoms with Gasteiger partial charge in [-0.05, 0) is 17.7 Å². The molecule has 0 bridgehead atoms. The highest BCUT2D eigenvalue weighted by Gasteiger charge is 2.12. The molecule has 0 radical (unpaired) electrons. The minimum absolute atomic E-state index is 0.0143.